The lowest BCUT2D eigenvalue weighted by Gasteiger charge is -2.22. The highest BCUT2D eigenvalue weighted by atomic mass is 32.2. The van der Waals surface area contributed by atoms with Gasteiger partial charge >= 0.3 is 12.1 Å². The van der Waals surface area contributed by atoms with E-state index in [9.17, 15) is 22.8 Å². The summed E-state index contributed by atoms with van der Waals surface area (Å²) < 4.78 is 35.5. The minimum absolute atomic E-state index is 0.00841. The van der Waals surface area contributed by atoms with Crippen LogP contribution in [-0.4, -0.2) is 51.3 Å². The SMILES string of the molecule is COC(=O)[C@@H](CCS(=O)(=O)c1ccccc1)NC(=O)[C@@H](Cc1ccccc1)NC(=O)OCc1ccccc1. The minimum atomic E-state index is -3.70. The Kier molecular flexibility index (Phi) is 10.4. The minimum Gasteiger partial charge on any atom is -0.467 e. The van der Waals surface area contributed by atoms with Crippen molar-refractivity contribution in [3.8, 4) is 0 Å². The van der Waals surface area contributed by atoms with E-state index in [-0.39, 0.29) is 24.3 Å². The van der Waals surface area contributed by atoms with E-state index < -0.39 is 45.6 Å². The van der Waals surface area contributed by atoms with Crippen LogP contribution in [0.25, 0.3) is 0 Å². The summed E-state index contributed by atoms with van der Waals surface area (Å²) in [5, 5.41) is 5.10. The molecular weight excluding hydrogens is 508 g/mol. The number of hydrogen-bond donors (Lipinski definition) is 2. The first-order valence-corrected chi connectivity index (χ1v) is 13.6. The van der Waals surface area contributed by atoms with Crippen LogP contribution in [0.4, 0.5) is 4.79 Å². The van der Waals surface area contributed by atoms with E-state index in [4.69, 9.17) is 9.47 Å². The number of esters is 1. The van der Waals surface area contributed by atoms with Crippen LogP contribution in [0.2, 0.25) is 0 Å². The molecule has 38 heavy (non-hydrogen) atoms. The molecule has 0 aliphatic rings. The molecule has 0 aromatic heterocycles. The third-order valence-corrected chi connectivity index (χ3v) is 7.45. The molecule has 0 radical (unpaired) electrons. The fourth-order valence-electron chi connectivity index (χ4n) is 3.65. The first kappa shape index (κ1) is 28.4. The van der Waals surface area contributed by atoms with E-state index in [0.717, 1.165) is 18.2 Å². The Morgan fingerprint density at radius 3 is 1.89 bits per heavy atom. The third-order valence-electron chi connectivity index (χ3n) is 5.68. The molecule has 3 aromatic rings. The summed E-state index contributed by atoms with van der Waals surface area (Å²) in [6.45, 7) is 0.00841. The maximum Gasteiger partial charge on any atom is 0.408 e. The molecule has 200 valence electrons. The zero-order valence-electron chi connectivity index (χ0n) is 20.9. The second kappa shape index (κ2) is 13.9. The molecule has 0 spiro atoms. The Bertz CT molecular complexity index is 1300. The molecule has 0 aliphatic carbocycles. The van der Waals surface area contributed by atoms with Gasteiger partial charge in [-0.15, -0.1) is 0 Å². The number of hydrogen-bond acceptors (Lipinski definition) is 7. The van der Waals surface area contributed by atoms with Gasteiger partial charge in [-0.25, -0.2) is 18.0 Å². The summed E-state index contributed by atoms with van der Waals surface area (Å²) >= 11 is 0. The van der Waals surface area contributed by atoms with Crippen molar-refractivity contribution in [1.82, 2.24) is 10.6 Å². The summed E-state index contributed by atoms with van der Waals surface area (Å²) in [5.41, 5.74) is 1.54. The topological polar surface area (TPSA) is 128 Å². The zero-order valence-corrected chi connectivity index (χ0v) is 21.7. The van der Waals surface area contributed by atoms with Crippen molar-refractivity contribution in [2.75, 3.05) is 12.9 Å². The summed E-state index contributed by atoms with van der Waals surface area (Å²) in [5.74, 6) is -1.88. The Balaban J connectivity index is 1.70. The van der Waals surface area contributed by atoms with Gasteiger partial charge in [-0.05, 0) is 29.7 Å². The van der Waals surface area contributed by atoms with Gasteiger partial charge in [-0.3, -0.25) is 4.79 Å². The number of amides is 2. The predicted octanol–water partition coefficient (Wildman–Crippen LogP) is 3.05. The number of ether oxygens (including phenoxy) is 2. The molecule has 10 heteroatoms. The molecule has 2 amide bonds. The normalized spacial score (nSPS) is 12.6. The van der Waals surface area contributed by atoms with E-state index in [0.29, 0.717) is 0 Å². The smallest absolute Gasteiger partial charge is 0.408 e. The van der Waals surface area contributed by atoms with Crippen LogP contribution in [-0.2, 0) is 41.9 Å². The van der Waals surface area contributed by atoms with E-state index >= 15 is 0 Å². The van der Waals surface area contributed by atoms with Crippen LogP contribution in [0.15, 0.2) is 95.9 Å². The molecule has 0 saturated heterocycles. The predicted molar refractivity (Wildman–Crippen MR) is 141 cm³/mol. The number of alkyl carbamates (subject to hydrolysis) is 1. The number of rotatable bonds is 12. The van der Waals surface area contributed by atoms with E-state index in [1.807, 2.05) is 24.3 Å². The van der Waals surface area contributed by atoms with Crippen molar-refractivity contribution in [3.05, 3.63) is 102 Å². The summed E-state index contributed by atoms with van der Waals surface area (Å²) in [6.07, 6.45) is -0.915. The molecular formula is C28H30N2O7S. The van der Waals surface area contributed by atoms with Crippen molar-refractivity contribution < 1.29 is 32.3 Å². The van der Waals surface area contributed by atoms with Gasteiger partial charge in [0.2, 0.25) is 5.91 Å². The first-order chi connectivity index (χ1) is 18.3. The van der Waals surface area contributed by atoms with Gasteiger partial charge in [0.05, 0.1) is 17.8 Å². The van der Waals surface area contributed by atoms with Gasteiger partial charge < -0.3 is 20.1 Å². The average molecular weight is 539 g/mol. The number of benzene rings is 3. The maximum atomic E-state index is 13.2. The highest BCUT2D eigenvalue weighted by Gasteiger charge is 2.29. The molecule has 9 nitrogen and oxygen atoms in total. The van der Waals surface area contributed by atoms with Crippen LogP contribution in [0.3, 0.4) is 0 Å². The molecule has 2 N–H and O–H groups in total. The number of sulfone groups is 1. The number of methoxy groups -OCH3 is 1. The maximum absolute atomic E-state index is 13.2. The fourth-order valence-corrected chi connectivity index (χ4v) is 5.00. The largest absolute Gasteiger partial charge is 0.467 e. The molecule has 0 bridgehead atoms. The molecule has 3 aromatic carbocycles. The second-order valence-corrected chi connectivity index (χ2v) is 10.6. The lowest BCUT2D eigenvalue weighted by atomic mass is 10.0. The number of carbonyl (C=O) groups is 3. The van der Waals surface area contributed by atoms with Gasteiger partial charge in [-0.2, -0.15) is 0 Å². The van der Waals surface area contributed by atoms with Crippen molar-refractivity contribution in [1.29, 1.82) is 0 Å². The van der Waals surface area contributed by atoms with E-state index in [2.05, 4.69) is 10.6 Å². The second-order valence-electron chi connectivity index (χ2n) is 8.45. The van der Waals surface area contributed by atoms with Gasteiger partial charge in [0.25, 0.3) is 0 Å². The molecule has 0 aliphatic heterocycles. The lowest BCUT2D eigenvalue weighted by molar-refractivity contribution is -0.145. The van der Waals surface area contributed by atoms with Gasteiger partial charge in [0.15, 0.2) is 9.84 Å². The number of nitrogens with one attached hydrogen (secondary N) is 2. The Labute approximate surface area is 222 Å². The standard InChI is InChI=1S/C28H30N2O7S/c1-36-27(32)24(17-18-38(34,35)23-15-9-4-10-16-23)29-26(31)25(19-21-11-5-2-6-12-21)30-28(33)37-20-22-13-7-3-8-14-22/h2-16,24-25H,17-20H2,1H3,(H,29,31)(H,30,33)/t24-,25-/m1/s1. The van der Waals surface area contributed by atoms with Crippen molar-refractivity contribution in [3.63, 3.8) is 0 Å². The monoisotopic (exact) mass is 538 g/mol. The fraction of sp³-hybridized carbons (Fsp3) is 0.250. The summed E-state index contributed by atoms with van der Waals surface area (Å²) in [6, 6.07) is 23.5. The van der Waals surface area contributed by atoms with Gasteiger partial charge in [0.1, 0.15) is 18.7 Å². The third kappa shape index (κ3) is 8.74. The van der Waals surface area contributed by atoms with Crippen LogP contribution in [0, 0.1) is 0 Å². The summed E-state index contributed by atoms with van der Waals surface area (Å²) in [4.78, 5) is 38.3. The van der Waals surface area contributed by atoms with Gasteiger partial charge in [-0.1, -0.05) is 78.9 Å². The Hall–Kier alpha value is -4.18. The molecule has 0 saturated carbocycles. The van der Waals surface area contributed by atoms with Crippen molar-refractivity contribution >= 4 is 27.8 Å². The van der Waals surface area contributed by atoms with Crippen molar-refractivity contribution in [2.45, 2.75) is 36.4 Å². The summed E-state index contributed by atoms with van der Waals surface area (Å²) in [7, 11) is -2.56. The molecule has 3 rings (SSSR count). The molecule has 0 heterocycles. The lowest BCUT2D eigenvalue weighted by Crippen LogP contribution is -2.53. The van der Waals surface area contributed by atoms with Crippen molar-refractivity contribution in [2.24, 2.45) is 0 Å². The molecule has 0 fully saturated rings. The Morgan fingerprint density at radius 2 is 1.32 bits per heavy atom. The van der Waals surface area contributed by atoms with Crippen LogP contribution >= 0.6 is 0 Å². The molecule has 0 unspecified atom stereocenters. The zero-order chi connectivity index (χ0) is 27.4. The average Bonchev–Trinajstić information content (AvgIpc) is 2.95. The number of carbonyl (C=O) groups excluding carboxylic acids is 3. The quantitative estimate of drug-likeness (QED) is 0.339. The van der Waals surface area contributed by atoms with Crippen LogP contribution in [0.5, 0.6) is 0 Å². The first-order valence-electron chi connectivity index (χ1n) is 12.0. The van der Waals surface area contributed by atoms with E-state index in [1.54, 1.807) is 54.6 Å². The highest BCUT2D eigenvalue weighted by molar-refractivity contribution is 7.91. The highest BCUT2D eigenvalue weighted by Crippen LogP contribution is 2.13. The van der Waals surface area contributed by atoms with Gasteiger partial charge in [0, 0.05) is 6.42 Å². The molecule has 2 atom stereocenters. The Morgan fingerprint density at radius 1 is 0.763 bits per heavy atom. The van der Waals surface area contributed by atoms with Crippen LogP contribution < -0.4 is 10.6 Å². The van der Waals surface area contributed by atoms with E-state index in [1.165, 1.54) is 12.1 Å². The van der Waals surface area contributed by atoms with Crippen LogP contribution in [0.1, 0.15) is 17.5 Å².